The van der Waals surface area contributed by atoms with Crippen LogP contribution in [0, 0.1) is 0 Å². The Bertz CT molecular complexity index is 563. The third-order valence-electron chi connectivity index (χ3n) is 3.68. The third kappa shape index (κ3) is 3.27. The van der Waals surface area contributed by atoms with Crippen LogP contribution in [0.25, 0.3) is 0 Å². The molecule has 1 rings (SSSR count). The molecule has 0 fully saturated rings. The molecule has 0 spiro atoms. The molecule has 0 N–H and O–H groups in total. The van der Waals surface area contributed by atoms with Gasteiger partial charge in [-0.05, 0) is 18.1 Å². The van der Waals surface area contributed by atoms with Crippen molar-refractivity contribution in [1.29, 1.82) is 0 Å². The fraction of sp³-hybridized carbons (Fsp3) is 0.750. The van der Waals surface area contributed by atoms with Crippen molar-refractivity contribution in [3.05, 3.63) is 18.7 Å². The summed E-state index contributed by atoms with van der Waals surface area (Å²) in [6.45, 7) is 10.9. The van der Waals surface area contributed by atoms with E-state index < -0.39 is 18.3 Å². The molecule has 0 aromatic carbocycles. The maximum Gasteiger partial charge on any atom is 0.265 e. The van der Waals surface area contributed by atoms with Crippen molar-refractivity contribution in [3.8, 4) is 0 Å². The molecule has 1 unspecified atom stereocenters. The first-order valence-electron chi connectivity index (χ1n) is 6.40. The highest BCUT2D eigenvalue weighted by atomic mass is 32.2. The highest BCUT2D eigenvalue weighted by Gasteiger charge is 2.39. The van der Waals surface area contributed by atoms with Crippen LogP contribution in [0.3, 0.4) is 0 Å². The first kappa shape index (κ1) is 16.4. The normalized spacial score (nSPS) is 16.5. The van der Waals surface area contributed by atoms with E-state index in [9.17, 15) is 4.21 Å². The zero-order valence-corrected chi connectivity index (χ0v) is 15.2. The number of hydrogen-bond acceptors (Lipinski definition) is 2. The SMILES string of the molecule is CN(C)S(=O)(=N[Si](C)(C)C(C)(C)C)n1cc[n+](C)c1. The Hall–Kier alpha value is -0.663. The van der Waals surface area contributed by atoms with E-state index in [2.05, 4.69) is 33.9 Å². The predicted octanol–water partition coefficient (Wildman–Crippen LogP) is 2.03. The van der Waals surface area contributed by atoms with Gasteiger partial charge in [0.1, 0.15) is 12.4 Å². The topological polar surface area (TPSA) is 41.5 Å². The second-order valence-electron chi connectivity index (χ2n) is 6.62. The Labute approximate surface area is 118 Å². The lowest BCUT2D eigenvalue weighted by molar-refractivity contribution is -0.670. The van der Waals surface area contributed by atoms with Crippen molar-refractivity contribution in [2.45, 2.75) is 38.9 Å². The van der Waals surface area contributed by atoms with Crippen LogP contribution in [0.2, 0.25) is 18.1 Å². The average molecular weight is 304 g/mol. The largest absolute Gasteiger partial charge is 0.265 e. The minimum atomic E-state index is -2.59. The van der Waals surface area contributed by atoms with E-state index >= 15 is 0 Å². The Kier molecular flexibility index (Phi) is 4.34. The molecule has 0 aliphatic heterocycles. The molecular weight excluding hydrogens is 276 g/mol. The second kappa shape index (κ2) is 5.03. The summed E-state index contributed by atoms with van der Waals surface area (Å²) in [5.41, 5.74) is 0. The minimum absolute atomic E-state index is 0.0704. The van der Waals surface area contributed by atoms with Crippen LogP contribution < -0.4 is 4.57 Å². The van der Waals surface area contributed by atoms with Crippen LogP contribution in [0.5, 0.6) is 0 Å². The van der Waals surface area contributed by atoms with E-state index in [-0.39, 0.29) is 5.04 Å². The quantitative estimate of drug-likeness (QED) is 0.622. The van der Waals surface area contributed by atoms with Gasteiger partial charge in [-0.3, -0.25) is 0 Å². The van der Waals surface area contributed by atoms with Crippen molar-refractivity contribution in [2.75, 3.05) is 14.1 Å². The van der Waals surface area contributed by atoms with Gasteiger partial charge < -0.3 is 0 Å². The van der Waals surface area contributed by atoms with Gasteiger partial charge in [-0.15, -0.1) is 3.97 Å². The first-order chi connectivity index (χ1) is 8.40. The molecule has 19 heavy (non-hydrogen) atoms. The van der Waals surface area contributed by atoms with Crippen LogP contribution in [-0.4, -0.2) is 34.8 Å². The fourth-order valence-corrected chi connectivity index (χ4v) is 6.69. The maximum absolute atomic E-state index is 13.3. The summed E-state index contributed by atoms with van der Waals surface area (Å²) in [6, 6.07) is 0. The number of nitrogens with zero attached hydrogens (tertiary/aromatic N) is 4. The molecule has 0 radical (unpaired) electrons. The molecule has 1 atom stereocenters. The van der Waals surface area contributed by atoms with E-state index in [4.69, 9.17) is 4.03 Å². The van der Waals surface area contributed by atoms with Crippen LogP contribution in [0.15, 0.2) is 22.7 Å². The fourth-order valence-electron chi connectivity index (χ4n) is 1.32. The van der Waals surface area contributed by atoms with E-state index in [1.165, 1.54) is 0 Å². The number of hydrogen-bond donors (Lipinski definition) is 0. The molecule has 7 heteroatoms. The van der Waals surface area contributed by atoms with Gasteiger partial charge in [0.25, 0.3) is 16.4 Å². The molecule has 0 saturated carbocycles. The summed E-state index contributed by atoms with van der Waals surface area (Å²) in [7, 11) is 0.965. The Morgan fingerprint density at radius 1 is 1.32 bits per heavy atom. The molecule has 0 aliphatic rings. The van der Waals surface area contributed by atoms with Crippen molar-refractivity contribution >= 4 is 18.3 Å². The predicted molar refractivity (Wildman–Crippen MR) is 82.5 cm³/mol. The van der Waals surface area contributed by atoms with E-state index in [1.807, 2.05) is 44.4 Å². The van der Waals surface area contributed by atoms with Crippen LogP contribution in [0.1, 0.15) is 20.8 Å². The number of imidazole rings is 1. The van der Waals surface area contributed by atoms with Gasteiger partial charge in [-0.2, -0.15) is 8.51 Å². The summed E-state index contributed by atoms with van der Waals surface area (Å²) < 4.78 is 23.5. The highest BCUT2D eigenvalue weighted by Crippen LogP contribution is 2.37. The highest BCUT2D eigenvalue weighted by molar-refractivity contribution is 7.90. The molecule has 0 aliphatic carbocycles. The molecule has 5 nitrogen and oxygen atoms in total. The van der Waals surface area contributed by atoms with Gasteiger partial charge in [0.15, 0.2) is 8.24 Å². The van der Waals surface area contributed by atoms with Gasteiger partial charge in [-0.1, -0.05) is 20.8 Å². The standard InChI is InChI=1S/C12H27N4OSSi/c1-12(2,3)19(7,8)13-18(17,14(4)5)16-10-9-15(6)11-16/h9-11H,1-8H3/q+1. The molecule has 0 amide bonds. The van der Waals surface area contributed by atoms with Crippen LogP contribution >= 0.6 is 0 Å². The molecule has 1 aromatic heterocycles. The lowest BCUT2D eigenvalue weighted by Gasteiger charge is -2.33. The lowest BCUT2D eigenvalue weighted by atomic mass is 10.2. The molecule has 0 bridgehead atoms. The monoisotopic (exact) mass is 303 g/mol. The molecule has 1 heterocycles. The summed E-state index contributed by atoms with van der Waals surface area (Å²) in [4.78, 5) is 0. The Morgan fingerprint density at radius 3 is 2.16 bits per heavy atom. The number of rotatable bonds is 3. The van der Waals surface area contributed by atoms with Gasteiger partial charge in [0.2, 0.25) is 0 Å². The summed E-state index contributed by atoms with van der Waals surface area (Å²) in [6.07, 6.45) is 5.52. The third-order valence-corrected chi connectivity index (χ3v) is 11.8. The zero-order valence-electron chi connectivity index (χ0n) is 13.3. The zero-order chi connectivity index (χ0) is 15.1. The second-order valence-corrected chi connectivity index (χ2v) is 14.1. The van der Waals surface area contributed by atoms with Crippen molar-refractivity contribution in [1.82, 2.24) is 8.28 Å². The van der Waals surface area contributed by atoms with Gasteiger partial charge in [-0.25, -0.2) is 8.60 Å². The van der Waals surface area contributed by atoms with Gasteiger partial charge in [0.05, 0.1) is 7.05 Å². The lowest BCUT2D eigenvalue weighted by Crippen LogP contribution is -2.40. The summed E-state index contributed by atoms with van der Waals surface area (Å²) >= 11 is 0. The van der Waals surface area contributed by atoms with Gasteiger partial charge in [0, 0.05) is 14.1 Å². The first-order valence-corrected chi connectivity index (χ1v) is 10.8. The molecular formula is C12H27N4OSSi+. The molecule has 0 saturated heterocycles. The van der Waals surface area contributed by atoms with Crippen LogP contribution in [-0.2, 0) is 17.1 Å². The minimum Gasteiger partial charge on any atom is -0.239 e. The van der Waals surface area contributed by atoms with Crippen molar-refractivity contribution < 1.29 is 8.78 Å². The number of aromatic nitrogens is 2. The summed E-state index contributed by atoms with van der Waals surface area (Å²) in [5, 5.41) is 0.0704. The van der Waals surface area contributed by atoms with Crippen molar-refractivity contribution in [3.63, 3.8) is 0 Å². The van der Waals surface area contributed by atoms with Crippen LogP contribution in [0.4, 0.5) is 0 Å². The van der Waals surface area contributed by atoms with Gasteiger partial charge >= 0.3 is 0 Å². The van der Waals surface area contributed by atoms with E-state index in [0.29, 0.717) is 0 Å². The number of aryl methyl sites for hydroxylation is 1. The van der Waals surface area contributed by atoms with Crippen molar-refractivity contribution in [2.24, 2.45) is 11.1 Å². The van der Waals surface area contributed by atoms with E-state index in [1.54, 1.807) is 8.28 Å². The smallest absolute Gasteiger partial charge is 0.239 e. The maximum atomic E-state index is 13.3. The molecule has 1 aromatic rings. The summed E-state index contributed by atoms with van der Waals surface area (Å²) in [5.74, 6) is 0. The average Bonchev–Trinajstić information content (AvgIpc) is 2.62. The Balaban J connectivity index is 3.49. The Morgan fingerprint density at radius 2 is 1.84 bits per heavy atom. The van der Waals surface area contributed by atoms with E-state index in [0.717, 1.165) is 0 Å². The molecule has 110 valence electrons.